The van der Waals surface area contributed by atoms with E-state index in [1.54, 1.807) is 0 Å². The van der Waals surface area contributed by atoms with Crippen molar-refractivity contribution in [2.75, 3.05) is 6.61 Å². The number of ether oxygens (including phenoxy) is 1. The molecular weight excluding hydrogens is 304 g/mol. The Morgan fingerprint density at radius 3 is 2.42 bits per heavy atom. The number of benzene rings is 1. The highest BCUT2D eigenvalue weighted by atomic mass is 16.5. The van der Waals surface area contributed by atoms with Crippen LogP contribution in [0.4, 0.5) is 0 Å². The Kier molecular flexibility index (Phi) is 6.15. The molecule has 1 amide bonds. The van der Waals surface area contributed by atoms with Crippen molar-refractivity contribution in [3.05, 3.63) is 48.0 Å². The lowest BCUT2D eigenvalue weighted by Gasteiger charge is -2.24. The first-order valence-corrected chi connectivity index (χ1v) is 8.34. The number of amides is 1. The maximum Gasteiger partial charge on any atom is 0.329 e. The summed E-state index contributed by atoms with van der Waals surface area (Å²) in [7, 11) is 0. The van der Waals surface area contributed by atoms with E-state index in [1.165, 1.54) is 17.2 Å². The Morgan fingerprint density at radius 2 is 1.92 bits per heavy atom. The number of rotatable bonds is 7. The molecule has 24 heavy (non-hydrogen) atoms. The van der Waals surface area contributed by atoms with Gasteiger partial charge in [-0.2, -0.15) is 0 Å². The van der Waals surface area contributed by atoms with Crippen LogP contribution < -0.4 is 11.1 Å². The third kappa shape index (κ3) is 4.23. The van der Waals surface area contributed by atoms with Gasteiger partial charge in [0.25, 0.3) is 0 Å². The number of fused-ring (bicyclic) bond motifs is 1. The monoisotopic (exact) mass is 330 g/mol. The van der Waals surface area contributed by atoms with E-state index >= 15 is 0 Å². The van der Waals surface area contributed by atoms with Crippen LogP contribution in [-0.4, -0.2) is 30.6 Å². The fourth-order valence-corrected chi connectivity index (χ4v) is 3.04. The van der Waals surface area contributed by atoms with Gasteiger partial charge in [0.2, 0.25) is 5.91 Å². The molecule has 5 heteroatoms. The highest BCUT2D eigenvalue weighted by molar-refractivity contribution is 5.88. The lowest BCUT2D eigenvalue weighted by Crippen LogP contribution is -2.53. The fourth-order valence-electron chi connectivity index (χ4n) is 3.04. The van der Waals surface area contributed by atoms with Crippen molar-refractivity contribution < 1.29 is 14.3 Å². The quantitative estimate of drug-likeness (QED) is 0.588. The molecule has 0 fully saturated rings. The molecule has 2 atom stereocenters. The van der Waals surface area contributed by atoms with Crippen LogP contribution in [-0.2, 0) is 27.2 Å². The standard InChI is InChI=1S/C19H26N2O3/c1-4-9-24-19(23)17(12(2)3)21-18(22)16(20)15-10-13-7-5-6-8-14(13)11-15/h4-8,12,15-17H,1,9-11,20H2,2-3H3,(H,21,22). The van der Waals surface area contributed by atoms with E-state index in [-0.39, 0.29) is 24.3 Å². The summed E-state index contributed by atoms with van der Waals surface area (Å²) >= 11 is 0. The van der Waals surface area contributed by atoms with Gasteiger partial charge in [0, 0.05) is 0 Å². The summed E-state index contributed by atoms with van der Waals surface area (Å²) in [6, 6.07) is 6.79. The highest BCUT2D eigenvalue weighted by Gasteiger charge is 2.33. The van der Waals surface area contributed by atoms with Crippen LogP contribution in [0.1, 0.15) is 25.0 Å². The molecule has 3 N–H and O–H groups in total. The Bertz CT molecular complexity index is 587. The molecule has 1 aromatic carbocycles. The van der Waals surface area contributed by atoms with Crippen LogP contribution in [0, 0.1) is 11.8 Å². The number of hydrogen-bond acceptors (Lipinski definition) is 4. The summed E-state index contributed by atoms with van der Waals surface area (Å²) in [5.41, 5.74) is 8.66. The van der Waals surface area contributed by atoms with Crippen LogP contribution in [0.2, 0.25) is 0 Å². The van der Waals surface area contributed by atoms with Gasteiger partial charge in [-0.15, -0.1) is 0 Å². The minimum absolute atomic E-state index is 0.0550. The van der Waals surface area contributed by atoms with E-state index in [4.69, 9.17) is 10.5 Å². The van der Waals surface area contributed by atoms with Gasteiger partial charge in [-0.1, -0.05) is 50.8 Å². The van der Waals surface area contributed by atoms with Gasteiger partial charge in [0.1, 0.15) is 12.6 Å². The first-order valence-electron chi connectivity index (χ1n) is 8.34. The van der Waals surface area contributed by atoms with Gasteiger partial charge < -0.3 is 15.8 Å². The highest BCUT2D eigenvalue weighted by Crippen LogP contribution is 2.28. The zero-order valence-electron chi connectivity index (χ0n) is 14.3. The minimum atomic E-state index is -0.702. The number of nitrogens with two attached hydrogens (primary N) is 1. The molecule has 5 nitrogen and oxygen atoms in total. The van der Waals surface area contributed by atoms with Gasteiger partial charge in [0.05, 0.1) is 6.04 Å². The van der Waals surface area contributed by atoms with Crippen molar-refractivity contribution in [2.45, 2.75) is 38.8 Å². The Hall–Kier alpha value is -2.14. The number of carbonyl (C=O) groups is 2. The Labute approximate surface area is 143 Å². The van der Waals surface area contributed by atoms with Gasteiger partial charge in [-0.25, -0.2) is 4.79 Å². The van der Waals surface area contributed by atoms with Crippen LogP contribution in [0.25, 0.3) is 0 Å². The average Bonchev–Trinajstić information content (AvgIpc) is 3.00. The molecule has 130 valence electrons. The molecule has 0 heterocycles. The van der Waals surface area contributed by atoms with E-state index < -0.39 is 18.1 Å². The summed E-state index contributed by atoms with van der Waals surface area (Å²) in [5.74, 6) is -0.791. The molecule has 2 unspecified atom stereocenters. The number of carbonyl (C=O) groups excluding carboxylic acids is 2. The Morgan fingerprint density at radius 1 is 1.33 bits per heavy atom. The topological polar surface area (TPSA) is 81.4 Å². The van der Waals surface area contributed by atoms with E-state index in [1.807, 2.05) is 26.0 Å². The number of nitrogens with one attached hydrogen (secondary N) is 1. The van der Waals surface area contributed by atoms with E-state index in [2.05, 4.69) is 24.0 Å². The number of esters is 1. The zero-order valence-corrected chi connectivity index (χ0v) is 14.3. The maximum atomic E-state index is 12.5. The molecule has 0 aliphatic heterocycles. The third-order valence-electron chi connectivity index (χ3n) is 4.46. The van der Waals surface area contributed by atoms with E-state index in [0.29, 0.717) is 0 Å². The maximum absolute atomic E-state index is 12.5. The van der Waals surface area contributed by atoms with Gasteiger partial charge in [-0.05, 0) is 35.8 Å². The minimum Gasteiger partial charge on any atom is -0.460 e. The first-order chi connectivity index (χ1) is 11.4. The van der Waals surface area contributed by atoms with E-state index in [0.717, 1.165) is 12.8 Å². The largest absolute Gasteiger partial charge is 0.460 e. The number of hydrogen-bond donors (Lipinski definition) is 2. The molecule has 1 aliphatic rings. The van der Waals surface area contributed by atoms with Crippen molar-refractivity contribution in [3.8, 4) is 0 Å². The summed E-state index contributed by atoms with van der Waals surface area (Å²) < 4.78 is 5.06. The second-order valence-corrected chi connectivity index (χ2v) is 6.61. The summed E-state index contributed by atoms with van der Waals surface area (Å²) in [4.78, 5) is 24.6. The van der Waals surface area contributed by atoms with Crippen LogP contribution >= 0.6 is 0 Å². The second kappa shape index (κ2) is 8.11. The van der Waals surface area contributed by atoms with Crippen molar-refractivity contribution in [3.63, 3.8) is 0 Å². The average molecular weight is 330 g/mol. The predicted octanol–water partition coefficient (Wildman–Crippen LogP) is 1.60. The summed E-state index contributed by atoms with van der Waals surface area (Å²) in [6.45, 7) is 7.36. The molecule has 0 spiro atoms. The Balaban J connectivity index is 1.97. The van der Waals surface area contributed by atoms with Crippen molar-refractivity contribution in [1.82, 2.24) is 5.32 Å². The lowest BCUT2D eigenvalue weighted by molar-refractivity contribution is -0.148. The molecule has 0 aromatic heterocycles. The first kappa shape index (κ1) is 18.2. The van der Waals surface area contributed by atoms with Crippen LogP contribution in [0.5, 0.6) is 0 Å². The molecule has 1 aliphatic carbocycles. The van der Waals surface area contributed by atoms with Crippen LogP contribution in [0.3, 0.4) is 0 Å². The molecule has 0 radical (unpaired) electrons. The smallest absolute Gasteiger partial charge is 0.329 e. The SMILES string of the molecule is C=CCOC(=O)C(NC(=O)C(N)C1Cc2ccccc2C1)C(C)C. The summed E-state index contributed by atoms with van der Waals surface area (Å²) in [5, 5.41) is 2.76. The molecule has 0 saturated heterocycles. The normalized spacial score (nSPS) is 16.3. The lowest BCUT2D eigenvalue weighted by atomic mass is 9.95. The second-order valence-electron chi connectivity index (χ2n) is 6.61. The fraction of sp³-hybridized carbons (Fsp3) is 0.474. The van der Waals surface area contributed by atoms with Crippen LogP contribution in [0.15, 0.2) is 36.9 Å². The third-order valence-corrected chi connectivity index (χ3v) is 4.46. The van der Waals surface area contributed by atoms with Crippen molar-refractivity contribution in [2.24, 2.45) is 17.6 Å². The van der Waals surface area contributed by atoms with Gasteiger partial charge in [0.15, 0.2) is 0 Å². The van der Waals surface area contributed by atoms with Crippen molar-refractivity contribution in [1.29, 1.82) is 0 Å². The molecule has 1 aromatic rings. The van der Waals surface area contributed by atoms with Gasteiger partial charge >= 0.3 is 5.97 Å². The molecule has 2 rings (SSSR count). The van der Waals surface area contributed by atoms with E-state index in [9.17, 15) is 9.59 Å². The van der Waals surface area contributed by atoms with Gasteiger partial charge in [-0.3, -0.25) is 4.79 Å². The summed E-state index contributed by atoms with van der Waals surface area (Å²) in [6.07, 6.45) is 3.08. The predicted molar refractivity (Wildman–Crippen MR) is 93.2 cm³/mol. The molecule has 0 saturated carbocycles. The molecular formula is C19H26N2O3. The van der Waals surface area contributed by atoms with Crippen molar-refractivity contribution >= 4 is 11.9 Å². The zero-order chi connectivity index (χ0) is 17.7. The molecule has 0 bridgehead atoms.